The monoisotopic (exact) mass is 392 g/mol. The molecule has 0 atom stereocenters. The highest BCUT2D eigenvalue weighted by molar-refractivity contribution is 14.1. The zero-order valence-electron chi connectivity index (χ0n) is 11.6. The zero-order valence-corrected chi connectivity index (χ0v) is 13.8. The van der Waals surface area contributed by atoms with Crippen molar-refractivity contribution in [2.75, 3.05) is 18.1 Å². The van der Waals surface area contributed by atoms with Crippen LogP contribution in [-0.2, 0) is 9.53 Å². The molecule has 0 radical (unpaired) electrons. The molecule has 0 spiro atoms. The second-order valence-electron chi connectivity index (χ2n) is 4.42. The lowest BCUT2D eigenvalue weighted by Crippen LogP contribution is -2.37. The van der Waals surface area contributed by atoms with Crippen LogP contribution in [0.4, 0.5) is 11.4 Å². The Kier molecular flexibility index (Phi) is 6.18. The molecule has 0 N–H and O–H groups in total. The summed E-state index contributed by atoms with van der Waals surface area (Å²) in [4.78, 5) is 24.1. The summed E-state index contributed by atoms with van der Waals surface area (Å²) in [7, 11) is 0. The van der Waals surface area contributed by atoms with E-state index in [4.69, 9.17) is 4.74 Å². The molecule has 20 heavy (non-hydrogen) atoms. The van der Waals surface area contributed by atoms with Gasteiger partial charge in [-0.25, -0.2) is 0 Å². The molecule has 0 saturated carbocycles. The van der Waals surface area contributed by atoms with Gasteiger partial charge in [0.2, 0.25) is 0 Å². The summed E-state index contributed by atoms with van der Waals surface area (Å²) >= 11 is 2.02. The molecular weight excluding hydrogens is 375 g/mol. The highest BCUT2D eigenvalue weighted by atomic mass is 127. The molecule has 0 fully saturated rings. The molecule has 7 heteroatoms. The number of carbonyl (C=O) groups is 1. The highest BCUT2D eigenvalue weighted by Gasteiger charge is 2.24. The van der Waals surface area contributed by atoms with Crippen molar-refractivity contribution in [3.63, 3.8) is 0 Å². The number of nitro benzene ring substituents is 1. The minimum Gasteiger partial charge on any atom is -0.465 e. The van der Waals surface area contributed by atoms with Gasteiger partial charge in [0.15, 0.2) is 0 Å². The van der Waals surface area contributed by atoms with E-state index in [-0.39, 0.29) is 18.3 Å². The van der Waals surface area contributed by atoms with Crippen LogP contribution in [0.5, 0.6) is 0 Å². The van der Waals surface area contributed by atoms with Gasteiger partial charge in [-0.1, -0.05) is 0 Å². The van der Waals surface area contributed by atoms with Gasteiger partial charge in [-0.2, -0.15) is 0 Å². The predicted octanol–water partition coefficient (Wildman–Crippen LogP) is 2.98. The van der Waals surface area contributed by atoms with E-state index >= 15 is 0 Å². The van der Waals surface area contributed by atoms with E-state index in [2.05, 4.69) is 0 Å². The van der Waals surface area contributed by atoms with Crippen LogP contribution in [0.25, 0.3) is 0 Å². The molecule has 110 valence electrons. The van der Waals surface area contributed by atoms with Crippen LogP contribution in [0.15, 0.2) is 18.2 Å². The Hall–Kier alpha value is -1.38. The number of esters is 1. The van der Waals surface area contributed by atoms with Crippen molar-refractivity contribution in [2.45, 2.75) is 26.8 Å². The summed E-state index contributed by atoms with van der Waals surface area (Å²) in [5.41, 5.74) is 0.424. The first-order valence-electron chi connectivity index (χ1n) is 6.23. The summed E-state index contributed by atoms with van der Waals surface area (Å²) in [6.07, 6.45) is 0. The minimum atomic E-state index is -0.433. The Morgan fingerprint density at radius 3 is 2.65 bits per heavy atom. The fourth-order valence-corrected chi connectivity index (χ4v) is 2.25. The molecular formula is C13H17IN2O4. The third kappa shape index (κ3) is 4.32. The standard InChI is InChI=1S/C13H17IN2O4/c1-4-20-13(17)8-15(9(2)3)11-6-5-10(14)7-12(11)16(18)19/h5-7,9H,4,8H2,1-3H3. The minimum absolute atomic E-state index is 0.00472. The van der Waals surface area contributed by atoms with Gasteiger partial charge in [0.1, 0.15) is 12.2 Å². The van der Waals surface area contributed by atoms with Crippen LogP contribution in [0, 0.1) is 13.7 Å². The van der Waals surface area contributed by atoms with Crippen LogP contribution in [-0.4, -0.2) is 30.1 Å². The number of nitro groups is 1. The third-order valence-corrected chi connectivity index (χ3v) is 3.34. The smallest absolute Gasteiger partial charge is 0.325 e. The quantitative estimate of drug-likeness (QED) is 0.322. The molecule has 0 aromatic heterocycles. The lowest BCUT2D eigenvalue weighted by molar-refractivity contribution is -0.384. The van der Waals surface area contributed by atoms with Gasteiger partial charge in [0, 0.05) is 15.7 Å². The van der Waals surface area contributed by atoms with Gasteiger partial charge in [0.05, 0.1) is 11.5 Å². The topological polar surface area (TPSA) is 72.7 Å². The molecule has 0 heterocycles. The number of nitrogens with zero attached hydrogens (tertiary/aromatic N) is 2. The first-order valence-corrected chi connectivity index (χ1v) is 7.30. The molecule has 0 aliphatic rings. The Morgan fingerprint density at radius 2 is 2.15 bits per heavy atom. The van der Waals surface area contributed by atoms with E-state index in [1.54, 1.807) is 24.0 Å². The molecule has 0 unspecified atom stereocenters. The third-order valence-electron chi connectivity index (χ3n) is 2.67. The highest BCUT2D eigenvalue weighted by Crippen LogP contribution is 2.31. The van der Waals surface area contributed by atoms with Crippen molar-refractivity contribution in [1.29, 1.82) is 0 Å². The van der Waals surface area contributed by atoms with E-state index < -0.39 is 10.9 Å². The number of benzene rings is 1. The molecule has 0 amide bonds. The Labute approximate surface area is 131 Å². The average Bonchev–Trinajstić information content (AvgIpc) is 2.36. The predicted molar refractivity (Wildman–Crippen MR) is 84.9 cm³/mol. The van der Waals surface area contributed by atoms with Crippen LogP contribution in [0.1, 0.15) is 20.8 Å². The number of hydrogen-bond acceptors (Lipinski definition) is 5. The van der Waals surface area contributed by atoms with Gasteiger partial charge in [-0.3, -0.25) is 14.9 Å². The average molecular weight is 392 g/mol. The zero-order chi connectivity index (χ0) is 15.3. The summed E-state index contributed by atoms with van der Waals surface area (Å²) in [6.45, 7) is 5.76. The Bertz CT molecular complexity index is 505. The SMILES string of the molecule is CCOC(=O)CN(c1ccc(I)cc1[N+](=O)[O-])C(C)C. The van der Waals surface area contributed by atoms with E-state index in [1.807, 2.05) is 36.4 Å². The first-order chi connectivity index (χ1) is 9.36. The van der Waals surface area contributed by atoms with E-state index in [9.17, 15) is 14.9 Å². The number of carbonyl (C=O) groups excluding carboxylic acids is 1. The summed E-state index contributed by atoms with van der Waals surface area (Å²) in [6, 6.07) is 4.89. The maximum atomic E-state index is 11.6. The normalized spacial score (nSPS) is 10.4. The van der Waals surface area contributed by atoms with Gasteiger partial charge >= 0.3 is 5.97 Å². The van der Waals surface area contributed by atoms with E-state index in [0.717, 1.165) is 3.57 Å². The van der Waals surface area contributed by atoms with Crippen molar-refractivity contribution >= 4 is 39.9 Å². The first kappa shape index (κ1) is 16.7. The van der Waals surface area contributed by atoms with Crippen LogP contribution in [0.3, 0.4) is 0 Å². The van der Waals surface area contributed by atoms with Gasteiger partial charge in [-0.05, 0) is 55.5 Å². The Balaban J connectivity index is 3.15. The lowest BCUT2D eigenvalue weighted by atomic mass is 10.2. The van der Waals surface area contributed by atoms with Gasteiger partial charge in [-0.15, -0.1) is 0 Å². The second kappa shape index (κ2) is 7.41. The number of halogens is 1. The number of ether oxygens (including phenoxy) is 1. The van der Waals surface area contributed by atoms with Crippen molar-refractivity contribution in [3.05, 3.63) is 31.9 Å². The molecule has 0 aliphatic carbocycles. The molecule has 0 saturated heterocycles. The largest absolute Gasteiger partial charge is 0.465 e. The second-order valence-corrected chi connectivity index (χ2v) is 5.66. The van der Waals surface area contributed by atoms with Crippen molar-refractivity contribution in [3.8, 4) is 0 Å². The van der Waals surface area contributed by atoms with Crippen LogP contribution >= 0.6 is 22.6 Å². The van der Waals surface area contributed by atoms with Crippen molar-refractivity contribution in [2.24, 2.45) is 0 Å². The van der Waals surface area contributed by atoms with Crippen molar-refractivity contribution < 1.29 is 14.5 Å². The summed E-state index contributed by atoms with van der Waals surface area (Å²) in [5, 5.41) is 11.2. The molecule has 1 aromatic carbocycles. The van der Waals surface area contributed by atoms with Crippen LogP contribution < -0.4 is 4.90 Å². The molecule has 1 rings (SSSR count). The maximum Gasteiger partial charge on any atom is 0.325 e. The fourth-order valence-electron chi connectivity index (χ4n) is 1.78. The molecule has 0 aliphatic heterocycles. The van der Waals surface area contributed by atoms with Crippen molar-refractivity contribution in [1.82, 2.24) is 0 Å². The number of rotatable bonds is 6. The Morgan fingerprint density at radius 1 is 1.50 bits per heavy atom. The molecule has 0 bridgehead atoms. The van der Waals surface area contributed by atoms with Gasteiger partial charge in [0.25, 0.3) is 5.69 Å². The van der Waals surface area contributed by atoms with Crippen LogP contribution in [0.2, 0.25) is 0 Å². The summed E-state index contributed by atoms with van der Waals surface area (Å²) < 4.78 is 5.69. The molecule has 1 aromatic rings. The van der Waals surface area contributed by atoms with E-state index in [0.29, 0.717) is 12.3 Å². The summed E-state index contributed by atoms with van der Waals surface area (Å²) in [5.74, 6) is -0.394. The van der Waals surface area contributed by atoms with Gasteiger partial charge < -0.3 is 9.64 Å². The van der Waals surface area contributed by atoms with E-state index in [1.165, 1.54) is 6.07 Å². The fraction of sp³-hybridized carbons (Fsp3) is 0.462. The number of anilines is 1. The number of hydrogen-bond donors (Lipinski definition) is 0. The maximum absolute atomic E-state index is 11.6. The lowest BCUT2D eigenvalue weighted by Gasteiger charge is -2.27. The molecule has 6 nitrogen and oxygen atoms in total.